The van der Waals surface area contributed by atoms with Gasteiger partial charge in [-0.05, 0) is 24.6 Å². The van der Waals surface area contributed by atoms with Crippen LogP contribution in [0.25, 0.3) is 0 Å². The zero-order valence-electron chi connectivity index (χ0n) is 8.79. The molecule has 1 unspecified atom stereocenters. The van der Waals surface area contributed by atoms with Crippen LogP contribution in [-0.2, 0) is 4.79 Å². The topological polar surface area (TPSA) is 38.3 Å². The van der Waals surface area contributed by atoms with E-state index in [1.54, 1.807) is 31.3 Å². The van der Waals surface area contributed by atoms with Gasteiger partial charge in [-0.25, -0.2) is 0 Å². The summed E-state index contributed by atoms with van der Waals surface area (Å²) in [5.74, 6) is 0.572. The first-order valence-corrected chi connectivity index (χ1v) is 5.21. The molecule has 1 amide bonds. The van der Waals surface area contributed by atoms with Crippen LogP contribution in [0, 0.1) is 0 Å². The number of benzene rings is 1. The molecule has 1 atom stereocenters. The number of nitrogens with one attached hydrogen (secondary N) is 1. The van der Waals surface area contributed by atoms with Crippen LogP contribution in [0.1, 0.15) is 17.9 Å². The second kappa shape index (κ2) is 5.61. The number of halogens is 1. The van der Waals surface area contributed by atoms with E-state index in [4.69, 9.17) is 16.3 Å². The lowest BCUT2D eigenvalue weighted by Gasteiger charge is -2.09. The Morgan fingerprint density at radius 1 is 1.47 bits per heavy atom. The first-order valence-electron chi connectivity index (χ1n) is 4.77. The third-order valence-corrected chi connectivity index (χ3v) is 2.41. The maximum absolute atomic E-state index is 11.2. The van der Waals surface area contributed by atoms with Gasteiger partial charge < -0.3 is 10.1 Å². The van der Waals surface area contributed by atoms with Crippen molar-refractivity contribution >= 4 is 17.5 Å². The molecule has 1 aromatic carbocycles. The molecule has 4 heteroatoms. The summed E-state index contributed by atoms with van der Waals surface area (Å²) < 4.78 is 5.28. The van der Waals surface area contributed by atoms with Crippen molar-refractivity contribution < 1.29 is 9.53 Å². The summed E-state index contributed by atoms with van der Waals surface area (Å²) in [6.45, 7) is 2.54. The molecule has 0 fully saturated rings. The number of carbonyl (C=O) groups excluding carboxylic acids is 1. The summed E-state index contributed by atoms with van der Waals surface area (Å²) in [5, 5.41) is 1.85. The Labute approximate surface area is 94.4 Å². The molecule has 0 aliphatic carbocycles. The number of amides is 1. The van der Waals surface area contributed by atoms with E-state index in [1.165, 1.54) is 0 Å². The molecule has 1 aromatic rings. The Bertz CT molecular complexity index is 324. The van der Waals surface area contributed by atoms with Crippen LogP contribution in [0.15, 0.2) is 24.3 Å². The molecule has 0 aromatic heterocycles. The third kappa shape index (κ3) is 3.13. The van der Waals surface area contributed by atoms with Crippen molar-refractivity contribution in [3.8, 4) is 5.75 Å². The summed E-state index contributed by atoms with van der Waals surface area (Å²) in [5.41, 5.74) is 0.763. The molecule has 0 bridgehead atoms. The fraction of sp³-hybridized carbons (Fsp3) is 0.364. The number of carbonyl (C=O) groups is 1. The highest BCUT2D eigenvalue weighted by Crippen LogP contribution is 2.22. The lowest BCUT2D eigenvalue weighted by molar-refractivity contribution is -0.120. The standard InChI is InChI=1S/C11H14ClNO2/c1-3-15-9-6-4-8(5-7-9)10(12)11(14)13-2/h4-7,10H,3H2,1-2H3,(H,13,14). The van der Waals surface area contributed by atoms with Crippen molar-refractivity contribution in [3.05, 3.63) is 29.8 Å². The van der Waals surface area contributed by atoms with E-state index >= 15 is 0 Å². The maximum atomic E-state index is 11.2. The molecular formula is C11H14ClNO2. The van der Waals surface area contributed by atoms with E-state index in [2.05, 4.69) is 5.32 Å². The predicted octanol–water partition coefficient (Wildman–Crippen LogP) is 2.11. The van der Waals surface area contributed by atoms with Crippen LogP contribution >= 0.6 is 11.6 Å². The zero-order valence-corrected chi connectivity index (χ0v) is 9.54. The molecular weight excluding hydrogens is 214 g/mol. The average molecular weight is 228 g/mol. The number of alkyl halides is 1. The van der Waals surface area contributed by atoms with Gasteiger partial charge in [0.25, 0.3) is 0 Å². The molecule has 0 aliphatic heterocycles. The van der Waals surface area contributed by atoms with Crippen molar-refractivity contribution in [3.63, 3.8) is 0 Å². The molecule has 0 saturated heterocycles. The fourth-order valence-electron chi connectivity index (χ4n) is 1.18. The molecule has 1 N–H and O–H groups in total. The van der Waals surface area contributed by atoms with E-state index < -0.39 is 5.38 Å². The molecule has 82 valence electrons. The van der Waals surface area contributed by atoms with Crippen LogP contribution in [0.5, 0.6) is 5.75 Å². The van der Waals surface area contributed by atoms with Crippen molar-refractivity contribution in [1.82, 2.24) is 5.32 Å². The highest BCUT2D eigenvalue weighted by molar-refractivity contribution is 6.30. The minimum Gasteiger partial charge on any atom is -0.494 e. The van der Waals surface area contributed by atoms with Crippen LogP contribution < -0.4 is 10.1 Å². The molecule has 3 nitrogen and oxygen atoms in total. The van der Waals surface area contributed by atoms with Crippen LogP contribution in [0.4, 0.5) is 0 Å². The van der Waals surface area contributed by atoms with E-state index in [0.717, 1.165) is 11.3 Å². The van der Waals surface area contributed by atoms with E-state index in [-0.39, 0.29) is 5.91 Å². The summed E-state index contributed by atoms with van der Waals surface area (Å²) in [6, 6.07) is 7.18. The van der Waals surface area contributed by atoms with Gasteiger partial charge in [0.2, 0.25) is 5.91 Å². The summed E-state index contributed by atoms with van der Waals surface area (Å²) in [6.07, 6.45) is 0. The maximum Gasteiger partial charge on any atom is 0.242 e. The quantitative estimate of drug-likeness (QED) is 0.801. The second-order valence-corrected chi connectivity index (χ2v) is 3.42. The Balaban J connectivity index is 2.75. The summed E-state index contributed by atoms with van der Waals surface area (Å²) >= 11 is 5.93. The number of ether oxygens (including phenoxy) is 1. The van der Waals surface area contributed by atoms with Gasteiger partial charge in [0.05, 0.1) is 6.61 Å². The van der Waals surface area contributed by atoms with Gasteiger partial charge in [-0.1, -0.05) is 12.1 Å². The highest BCUT2D eigenvalue weighted by atomic mass is 35.5. The number of likely N-dealkylation sites (N-methyl/N-ethyl adjacent to an activating group) is 1. The Morgan fingerprint density at radius 2 is 2.07 bits per heavy atom. The fourth-order valence-corrected chi connectivity index (χ4v) is 1.43. The first kappa shape index (κ1) is 11.9. The van der Waals surface area contributed by atoms with E-state index in [1.807, 2.05) is 6.92 Å². The number of rotatable bonds is 4. The molecule has 1 rings (SSSR count). The van der Waals surface area contributed by atoms with Crippen LogP contribution in [0.3, 0.4) is 0 Å². The van der Waals surface area contributed by atoms with Crippen molar-refractivity contribution in [2.45, 2.75) is 12.3 Å². The average Bonchev–Trinajstić information content (AvgIpc) is 2.28. The normalized spacial score (nSPS) is 11.9. The lowest BCUT2D eigenvalue weighted by atomic mass is 10.1. The Hall–Kier alpha value is -1.22. The smallest absolute Gasteiger partial charge is 0.242 e. The second-order valence-electron chi connectivity index (χ2n) is 2.98. The molecule has 0 heterocycles. The number of hydrogen-bond acceptors (Lipinski definition) is 2. The van der Waals surface area contributed by atoms with E-state index in [9.17, 15) is 4.79 Å². The van der Waals surface area contributed by atoms with Crippen LogP contribution in [0.2, 0.25) is 0 Å². The summed E-state index contributed by atoms with van der Waals surface area (Å²) in [7, 11) is 1.56. The predicted molar refractivity (Wildman–Crippen MR) is 60.3 cm³/mol. The molecule has 0 radical (unpaired) electrons. The van der Waals surface area contributed by atoms with Crippen LogP contribution in [-0.4, -0.2) is 19.6 Å². The first-order chi connectivity index (χ1) is 7.19. The van der Waals surface area contributed by atoms with Gasteiger partial charge in [-0.2, -0.15) is 0 Å². The van der Waals surface area contributed by atoms with Gasteiger partial charge >= 0.3 is 0 Å². The van der Waals surface area contributed by atoms with E-state index in [0.29, 0.717) is 6.61 Å². The van der Waals surface area contributed by atoms with Crippen molar-refractivity contribution in [2.75, 3.05) is 13.7 Å². The SMILES string of the molecule is CCOc1ccc(C(Cl)C(=O)NC)cc1. The Kier molecular flexibility index (Phi) is 4.43. The number of hydrogen-bond donors (Lipinski definition) is 1. The van der Waals surface area contributed by atoms with Gasteiger partial charge in [0.1, 0.15) is 11.1 Å². The lowest BCUT2D eigenvalue weighted by Crippen LogP contribution is -2.22. The third-order valence-electron chi connectivity index (χ3n) is 1.96. The van der Waals surface area contributed by atoms with Crippen molar-refractivity contribution in [1.29, 1.82) is 0 Å². The van der Waals surface area contributed by atoms with Gasteiger partial charge in [-0.3, -0.25) is 4.79 Å². The zero-order chi connectivity index (χ0) is 11.3. The molecule has 15 heavy (non-hydrogen) atoms. The summed E-state index contributed by atoms with van der Waals surface area (Å²) in [4.78, 5) is 11.2. The Morgan fingerprint density at radius 3 is 2.53 bits per heavy atom. The van der Waals surface area contributed by atoms with Gasteiger partial charge in [0, 0.05) is 7.05 Å². The van der Waals surface area contributed by atoms with Gasteiger partial charge in [-0.15, -0.1) is 11.6 Å². The minimum absolute atomic E-state index is 0.208. The molecule has 0 saturated carbocycles. The molecule has 0 spiro atoms. The minimum atomic E-state index is -0.648. The monoisotopic (exact) mass is 227 g/mol. The largest absolute Gasteiger partial charge is 0.494 e. The van der Waals surface area contributed by atoms with Gasteiger partial charge in [0.15, 0.2) is 0 Å². The molecule has 0 aliphatic rings. The van der Waals surface area contributed by atoms with Crippen molar-refractivity contribution in [2.24, 2.45) is 0 Å². The highest BCUT2D eigenvalue weighted by Gasteiger charge is 2.15.